The van der Waals surface area contributed by atoms with Crippen molar-refractivity contribution in [2.45, 2.75) is 17.9 Å². The van der Waals surface area contributed by atoms with Gasteiger partial charge in [-0.3, -0.25) is 4.79 Å². The van der Waals surface area contributed by atoms with Gasteiger partial charge in [0.1, 0.15) is 0 Å². The van der Waals surface area contributed by atoms with Gasteiger partial charge in [0.05, 0.1) is 7.11 Å². The molecule has 0 bridgehead atoms. The predicted molar refractivity (Wildman–Crippen MR) is 116 cm³/mol. The third-order valence-electron chi connectivity index (χ3n) is 5.46. The summed E-state index contributed by atoms with van der Waals surface area (Å²) in [4.78, 5) is 26.4. The Kier molecular flexibility index (Phi) is 5.24. The summed E-state index contributed by atoms with van der Waals surface area (Å²) in [5.74, 6) is -0.844. The molecular weight excluding hydrogens is 430 g/mol. The van der Waals surface area contributed by atoms with Crippen LogP contribution in [0.15, 0.2) is 83.3 Å². The summed E-state index contributed by atoms with van der Waals surface area (Å²) >= 11 is 3.50. The molecule has 0 fully saturated rings. The van der Waals surface area contributed by atoms with E-state index in [2.05, 4.69) is 21.2 Å². The van der Waals surface area contributed by atoms with Crippen LogP contribution in [-0.4, -0.2) is 18.9 Å². The second kappa shape index (κ2) is 7.84. The number of halogens is 1. The number of anilines is 1. The van der Waals surface area contributed by atoms with Gasteiger partial charge in [-0.05, 0) is 29.3 Å². The Bertz CT molecular complexity index is 1070. The van der Waals surface area contributed by atoms with Crippen molar-refractivity contribution in [3.63, 3.8) is 0 Å². The van der Waals surface area contributed by atoms with Crippen molar-refractivity contribution in [3.8, 4) is 0 Å². The highest BCUT2D eigenvalue weighted by Crippen LogP contribution is 2.51. The molecule has 0 amide bonds. The van der Waals surface area contributed by atoms with Crippen LogP contribution in [0.2, 0.25) is 0 Å². The summed E-state index contributed by atoms with van der Waals surface area (Å²) in [5, 5.41) is 3.40. The summed E-state index contributed by atoms with van der Waals surface area (Å²) in [5.41, 5.74) is 1.96. The van der Waals surface area contributed by atoms with E-state index in [0.717, 1.165) is 21.3 Å². The number of rotatable bonds is 5. The standard InChI is InChI=1S/C24H20BrNO3/c1-29-23(28)24(17-10-7-11-18(25)14-17)20(19-12-5-6-13-21(19)26-24)15-22(27)16-8-3-2-4-9-16/h2-14,20,26H,15H2,1H3/t20-,24-/m0/s1. The molecule has 5 heteroatoms. The van der Waals surface area contributed by atoms with Crippen molar-refractivity contribution >= 4 is 33.4 Å². The monoisotopic (exact) mass is 449 g/mol. The lowest BCUT2D eigenvalue weighted by Gasteiger charge is -2.34. The van der Waals surface area contributed by atoms with Gasteiger partial charge in [-0.15, -0.1) is 0 Å². The van der Waals surface area contributed by atoms with Crippen molar-refractivity contribution in [2.75, 3.05) is 12.4 Å². The van der Waals surface area contributed by atoms with Gasteiger partial charge in [0, 0.05) is 28.1 Å². The minimum atomic E-state index is -1.19. The fourth-order valence-corrected chi connectivity index (χ4v) is 4.52. The molecule has 1 heterocycles. The van der Waals surface area contributed by atoms with Crippen molar-refractivity contribution in [2.24, 2.45) is 0 Å². The largest absolute Gasteiger partial charge is 0.467 e. The Morgan fingerprint density at radius 1 is 1.00 bits per heavy atom. The van der Waals surface area contributed by atoms with E-state index < -0.39 is 17.4 Å². The van der Waals surface area contributed by atoms with Gasteiger partial charge in [-0.25, -0.2) is 4.79 Å². The van der Waals surface area contributed by atoms with Gasteiger partial charge in [0.2, 0.25) is 0 Å². The number of ketones is 1. The fraction of sp³-hybridized carbons (Fsp3) is 0.167. The van der Waals surface area contributed by atoms with E-state index in [1.54, 1.807) is 12.1 Å². The number of hydrogen-bond donors (Lipinski definition) is 1. The molecule has 0 aliphatic carbocycles. The smallest absolute Gasteiger partial charge is 0.336 e. The zero-order chi connectivity index (χ0) is 20.4. The van der Waals surface area contributed by atoms with E-state index in [0.29, 0.717) is 5.56 Å². The molecule has 0 saturated heterocycles. The van der Waals surface area contributed by atoms with Crippen molar-refractivity contribution in [1.29, 1.82) is 0 Å². The molecule has 1 N–H and O–H groups in total. The van der Waals surface area contributed by atoms with Crippen LogP contribution in [0.1, 0.15) is 33.8 Å². The first-order valence-electron chi connectivity index (χ1n) is 9.36. The quantitative estimate of drug-likeness (QED) is 0.424. The molecule has 146 valence electrons. The maximum atomic E-state index is 13.2. The van der Waals surface area contributed by atoms with Gasteiger partial charge in [0.15, 0.2) is 11.3 Å². The first kappa shape index (κ1) is 19.4. The van der Waals surface area contributed by atoms with Gasteiger partial charge in [0.25, 0.3) is 0 Å². The molecule has 0 spiro atoms. The number of carbonyl (C=O) groups is 2. The number of esters is 1. The molecule has 3 aromatic rings. The van der Waals surface area contributed by atoms with Crippen LogP contribution < -0.4 is 5.32 Å². The van der Waals surface area contributed by atoms with Crippen LogP contribution in [0, 0.1) is 0 Å². The second-order valence-corrected chi connectivity index (χ2v) is 7.98. The van der Waals surface area contributed by atoms with E-state index in [4.69, 9.17) is 4.74 Å². The molecule has 0 saturated carbocycles. The Hall–Kier alpha value is -2.92. The first-order chi connectivity index (χ1) is 14.1. The van der Waals surface area contributed by atoms with Crippen LogP contribution in [0.3, 0.4) is 0 Å². The third-order valence-corrected chi connectivity index (χ3v) is 5.96. The molecule has 2 atom stereocenters. The van der Waals surface area contributed by atoms with Gasteiger partial charge in [-0.2, -0.15) is 0 Å². The average Bonchev–Trinajstić information content (AvgIpc) is 3.09. The molecule has 4 rings (SSSR count). The van der Waals surface area contributed by atoms with Gasteiger partial charge in [-0.1, -0.05) is 76.6 Å². The molecule has 3 aromatic carbocycles. The number of Topliss-reactive ketones (excluding diaryl/α,β-unsaturated/α-hetero) is 1. The topological polar surface area (TPSA) is 55.4 Å². The Morgan fingerprint density at radius 2 is 1.72 bits per heavy atom. The van der Waals surface area contributed by atoms with E-state index >= 15 is 0 Å². The fourth-order valence-electron chi connectivity index (χ4n) is 4.12. The van der Waals surface area contributed by atoms with Crippen LogP contribution in [0.5, 0.6) is 0 Å². The van der Waals surface area contributed by atoms with E-state index in [9.17, 15) is 9.59 Å². The third kappa shape index (κ3) is 3.36. The lowest BCUT2D eigenvalue weighted by molar-refractivity contribution is -0.147. The minimum Gasteiger partial charge on any atom is -0.467 e. The number of fused-ring (bicyclic) bond motifs is 1. The minimum absolute atomic E-state index is 0.0163. The zero-order valence-electron chi connectivity index (χ0n) is 15.9. The zero-order valence-corrected chi connectivity index (χ0v) is 17.5. The number of para-hydroxylation sites is 1. The molecule has 0 unspecified atom stereocenters. The second-order valence-electron chi connectivity index (χ2n) is 7.07. The Balaban J connectivity index is 1.86. The maximum absolute atomic E-state index is 13.2. The summed E-state index contributed by atoms with van der Waals surface area (Å²) < 4.78 is 6.10. The lowest BCUT2D eigenvalue weighted by atomic mass is 9.74. The summed E-state index contributed by atoms with van der Waals surface area (Å²) in [6.45, 7) is 0. The van der Waals surface area contributed by atoms with Crippen LogP contribution >= 0.6 is 15.9 Å². The van der Waals surface area contributed by atoms with E-state index in [-0.39, 0.29) is 12.2 Å². The van der Waals surface area contributed by atoms with Crippen molar-refractivity contribution in [1.82, 2.24) is 0 Å². The number of hydrogen-bond acceptors (Lipinski definition) is 4. The van der Waals surface area contributed by atoms with Crippen molar-refractivity contribution < 1.29 is 14.3 Å². The van der Waals surface area contributed by atoms with Gasteiger partial charge < -0.3 is 10.1 Å². The van der Waals surface area contributed by atoms with E-state index in [1.165, 1.54) is 7.11 Å². The number of ether oxygens (including phenoxy) is 1. The van der Waals surface area contributed by atoms with Crippen molar-refractivity contribution in [3.05, 3.63) is 100 Å². The molecular formula is C24H20BrNO3. The number of nitrogens with one attached hydrogen (secondary N) is 1. The summed E-state index contributed by atoms with van der Waals surface area (Å²) in [6.07, 6.45) is 0.176. The highest BCUT2D eigenvalue weighted by molar-refractivity contribution is 9.10. The van der Waals surface area contributed by atoms with Crippen LogP contribution in [0.25, 0.3) is 0 Å². The highest BCUT2D eigenvalue weighted by Gasteiger charge is 2.54. The SMILES string of the molecule is COC(=O)[C@@]1(c2cccc(Br)c2)Nc2ccccc2[C@@H]1CC(=O)c1ccccc1. The normalized spacial score (nSPS) is 19.9. The molecule has 4 nitrogen and oxygen atoms in total. The molecule has 1 aliphatic rings. The summed E-state index contributed by atoms with van der Waals surface area (Å²) in [6, 6.07) is 24.5. The maximum Gasteiger partial charge on any atom is 0.336 e. The molecule has 0 radical (unpaired) electrons. The molecule has 1 aliphatic heterocycles. The average molecular weight is 450 g/mol. The lowest BCUT2D eigenvalue weighted by Crippen LogP contribution is -2.46. The highest BCUT2D eigenvalue weighted by atomic mass is 79.9. The first-order valence-corrected chi connectivity index (χ1v) is 10.2. The molecule has 29 heavy (non-hydrogen) atoms. The number of benzene rings is 3. The number of methoxy groups -OCH3 is 1. The molecule has 0 aromatic heterocycles. The Morgan fingerprint density at radius 3 is 2.45 bits per heavy atom. The van der Waals surface area contributed by atoms with Crippen LogP contribution in [0.4, 0.5) is 5.69 Å². The Labute approximate surface area is 178 Å². The van der Waals surface area contributed by atoms with Crippen LogP contribution in [-0.2, 0) is 15.1 Å². The predicted octanol–water partition coefficient (Wildman–Crippen LogP) is 5.30. The van der Waals surface area contributed by atoms with E-state index in [1.807, 2.05) is 66.7 Å². The van der Waals surface area contributed by atoms with Gasteiger partial charge >= 0.3 is 5.97 Å². The number of carbonyl (C=O) groups excluding carboxylic acids is 2. The summed E-state index contributed by atoms with van der Waals surface area (Å²) in [7, 11) is 1.38.